The molecule has 1 aliphatic rings. The SMILES string of the molecule is O=S(=O)(C1=CCC(c2ccccc2)(S(=O)(=O)c2ccc(F)cc2)C=C1)c1ccc(F)cc1. The molecule has 1 aliphatic carbocycles. The Balaban J connectivity index is 1.81. The quantitative estimate of drug-likeness (QED) is 0.493. The minimum atomic E-state index is -4.08. The van der Waals surface area contributed by atoms with Crippen LogP contribution in [0.5, 0.6) is 0 Å². The zero-order chi connectivity index (χ0) is 23.0. The fraction of sp³-hybridized carbons (Fsp3) is 0.0833. The molecule has 3 aromatic carbocycles. The van der Waals surface area contributed by atoms with Gasteiger partial charge in [0.1, 0.15) is 16.4 Å². The maximum absolute atomic E-state index is 13.7. The maximum Gasteiger partial charge on any atom is 0.206 e. The van der Waals surface area contributed by atoms with Gasteiger partial charge >= 0.3 is 0 Å². The summed E-state index contributed by atoms with van der Waals surface area (Å²) < 4.78 is 78.4. The van der Waals surface area contributed by atoms with Crippen LogP contribution in [0.2, 0.25) is 0 Å². The number of sulfone groups is 2. The summed E-state index contributed by atoms with van der Waals surface area (Å²) >= 11 is 0. The molecule has 4 rings (SSSR count). The molecule has 0 aromatic heterocycles. The van der Waals surface area contributed by atoms with Gasteiger partial charge in [-0.2, -0.15) is 0 Å². The first-order valence-corrected chi connectivity index (χ1v) is 12.6. The lowest BCUT2D eigenvalue weighted by Crippen LogP contribution is -2.35. The molecule has 0 bridgehead atoms. The highest BCUT2D eigenvalue weighted by atomic mass is 32.2. The zero-order valence-electron chi connectivity index (χ0n) is 16.7. The highest BCUT2D eigenvalue weighted by molar-refractivity contribution is 7.95. The molecule has 0 heterocycles. The summed E-state index contributed by atoms with van der Waals surface area (Å²) in [6, 6.07) is 17.4. The second-order valence-electron chi connectivity index (χ2n) is 7.31. The molecule has 0 saturated carbocycles. The van der Waals surface area contributed by atoms with Crippen molar-refractivity contribution in [1.29, 1.82) is 0 Å². The molecular formula is C24H18F2O4S2. The van der Waals surface area contributed by atoms with Gasteiger partial charge in [-0.15, -0.1) is 0 Å². The highest BCUT2D eigenvalue weighted by Crippen LogP contribution is 2.44. The van der Waals surface area contributed by atoms with Gasteiger partial charge in [-0.05, 0) is 66.6 Å². The average Bonchev–Trinajstić information content (AvgIpc) is 2.80. The average molecular weight is 473 g/mol. The summed E-state index contributed by atoms with van der Waals surface area (Å²) in [4.78, 5) is -0.251. The van der Waals surface area contributed by atoms with Crippen molar-refractivity contribution in [3.05, 3.63) is 119 Å². The van der Waals surface area contributed by atoms with Gasteiger partial charge in [-0.1, -0.05) is 42.5 Å². The van der Waals surface area contributed by atoms with E-state index in [1.54, 1.807) is 30.3 Å². The first-order chi connectivity index (χ1) is 15.2. The summed E-state index contributed by atoms with van der Waals surface area (Å²) in [5.74, 6) is -1.13. The van der Waals surface area contributed by atoms with Gasteiger partial charge in [0.2, 0.25) is 9.84 Å². The lowest BCUT2D eigenvalue weighted by molar-refractivity contribution is 0.556. The molecule has 1 atom stereocenters. The number of benzene rings is 3. The van der Waals surface area contributed by atoms with E-state index in [-0.39, 0.29) is 21.1 Å². The molecule has 3 aromatic rings. The fourth-order valence-electron chi connectivity index (χ4n) is 3.67. The van der Waals surface area contributed by atoms with Crippen LogP contribution in [0.3, 0.4) is 0 Å². The standard InChI is InChI=1S/C24H18F2O4S2/c25-19-6-10-21(11-7-19)31(27,28)22-14-16-24(17-15-22,18-4-2-1-3-5-18)32(29,30)23-12-8-20(26)9-13-23/h1-16H,17H2. The van der Waals surface area contributed by atoms with Crippen molar-refractivity contribution in [3.63, 3.8) is 0 Å². The topological polar surface area (TPSA) is 68.3 Å². The van der Waals surface area contributed by atoms with Crippen LogP contribution >= 0.6 is 0 Å². The Morgan fingerprint density at radius 2 is 1.22 bits per heavy atom. The van der Waals surface area contributed by atoms with Crippen LogP contribution in [0.4, 0.5) is 8.78 Å². The van der Waals surface area contributed by atoms with Gasteiger partial charge in [0.25, 0.3) is 0 Å². The van der Waals surface area contributed by atoms with E-state index in [2.05, 4.69) is 0 Å². The summed E-state index contributed by atoms with van der Waals surface area (Å²) in [6.07, 6.45) is 3.82. The predicted molar refractivity (Wildman–Crippen MR) is 117 cm³/mol. The van der Waals surface area contributed by atoms with E-state index in [1.165, 1.54) is 30.4 Å². The first-order valence-electron chi connectivity index (χ1n) is 9.63. The Morgan fingerprint density at radius 1 is 0.688 bits per heavy atom. The van der Waals surface area contributed by atoms with Crippen molar-refractivity contribution in [2.45, 2.75) is 21.0 Å². The van der Waals surface area contributed by atoms with Gasteiger partial charge < -0.3 is 0 Å². The monoisotopic (exact) mass is 472 g/mol. The molecule has 8 heteroatoms. The van der Waals surface area contributed by atoms with Crippen LogP contribution < -0.4 is 0 Å². The molecule has 0 amide bonds. The Morgan fingerprint density at radius 3 is 1.72 bits per heavy atom. The van der Waals surface area contributed by atoms with E-state index in [0.717, 1.165) is 36.4 Å². The van der Waals surface area contributed by atoms with Crippen molar-refractivity contribution in [1.82, 2.24) is 0 Å². The van der Waals surface area contributed by atoms with Gasteiger partial charge in [0.05, 0.1) is 14.7 Å². The van der Waals surface area contributed by atoms with Gasteiger partial charge in [0.15, 0.2) is 9.84 Å². The van der Waals surface area contributed by atoms with Gasteiger partial charge in [0, 0.05) is 0 Å². The molecule has 32 heavy (non-hydrogen) atoms. The number of allylic oxidation sites excluding steroid dienone is 2. The Kier molecular flexibility index (Phi) is 5.60. The maximum atomic E-state index is 13.7. The first kappa shape index (κ1) is 22.1. The van der Waals surface area contributed by atoms with Crippen molar-refractivity contribution in [3.8, 4) is 0 Å². The molecule has 0 radical (unpaired) electrons. The predicted octanol–water partition coefficient (Wildman–Crippen LogP) is 4.95. The molecular weight excluding hydrogens is 454 g/mol. The van der Waals surface area contributed by atoms with Gasteiger partial charge in [-0.3, -0.25) is 0 Å². The highest BCUT2D eigenvalue weighted by Gasteiger charge is 2.45. The summed E-state index contributed by atoms with van der Waals surface area (Å²) in [5, 5.41) is 0. The number of rotatable bonds is 5. The van der Waals surface area contributed by atoms with E-state index in [0.29, 0.717) is 5.56 Å². The summed E-state index contributed by atoms with van der Waals surface area (Å²) in [6.45, 7) is 0. The molecule has 0 saturated heterocycles. The zero-order valence-corrected chi connectivity index (χ0v) is 18.3. The van der Waals surface area contributed by atoms with Gasteiger partial charge in [-0.25, -0.2) is 25.6 Å². The van der Waals surface area contributed by atoms with Crippen LogP contribution in [-0.4, -0.2) is 16.8 Å². The van der Waals surface area contributed by atoms with Crippen LogP contribution in [0, 0.1) is 11.6 Å². The van der Waals surface area contributed by atoms with Crippen molar-refractivity contribution in [2.24, 2.45) is 0 Å². The largest absolute Gasteiger partial charge is 0.222 e. The molecule has 0 fully saturated rings. The number of hydrogen-bond donors (Lipinski definition) is 0. The van der Waals surface area contributed by atoms with Crippen LogP contribution in [-0.2, 0) is 24.4 Å². The molecule has 1 unspecified atom stereocenters. The number of hydrogen-bond acceptors (Lipinski definition) is 4. The van der Waals surface area contributed by atoms with Crippen LogP contribution in [0.25, 0.3) is 0 Å². The lowest BCUT2D eigenvalue weighted by atomic mass is 9.91. The molecule has 0 aliphatic heterocycles. The Bertz CT molecular complexity index is 1410. The minimum Gasteiger partial charge on any atom is -0.222 e. The van der Waals surface area contributed by atoms with Crippen LogP contribution in [0.1, 0.15) is 12.0 Å². The second kappa shape index (κ2) is 8.11. The third-order valence-electron chi connectivity index (χ3n) is 5.42. The normalized spacial score (nSPS) is 18.9. The molecule has 0 N–H and O–H groups in total. The fourth-order valence-corrected chi connectivity index (χ4v) is 6.89. The summed E-state index contributed by atoms with van der Waals surface area (Å²) in [7, 11) is -8.04. The Hall–Kier alpha value is -3.10. The van der Waals surface area contributed by atoms with E-state index in [1.807, 2.05) is 0 Å². The number of halogens is 2. The molecule has 4 nitrogen and oxygen atoms in total. The molecule has 164 valence electrons. The van der Waals surface area contributed by atoms with E-state index in [4.69, 9.17) is 0 Å². The summed E-state index contributed by atoms with van der Waals surface area (Å²) in [5.41, 5.74) is 0.454. The van der Waals surface area contributed by atoms with Crippen molar-refractivity contribution < 1.29 is 25.6 Å². The Labute approximate surface area is 185 Å². The van der Waals surface area contributed by atoms with Crippen molar-refractivity contribution in [2.75, 3.05) is 0 Å². The van der Waals surface area contributed by atoms with E-state index < -0.39 is 36.1 Å². The van der Waals surface area contributed by atoms with Crippen molar-refractivity contribution >= 4 is 19.7 Å². The lowest BCUT2D eigenvalue weighted by Gasteiger charge is -2.32. The minimum absolute atomic E-state index is 0.0781. The molecule has 0 spiro atoms. The third kappa shape index (κ3) is 3.69. The second-order valence-corrected chi connectivity index (χ2v) is 11.5. The van der Waals surface area contributed by atoms with E-state index in [9.17, 15) is 25.6 Å². The van der Waals surface area contributed by atoms with Crippen LogP contribution in [0.15, 0.2) is 112 Å². The third-order valence-corrected chi connectivity index (χ3v) is 9.63. The van der Waals surface area contributed by atoms with E-state index >= 15 is 0 Å². The smallest absolute Gasteiger partial charge is 0.206 e.